The molecule has 1 atom stereocenters. The first-order valence-electron chi connectivity index (χ1n) is 3.99. The van der Waals surface area contributed by atoms with Crippen LogP contribution in [0.15, 0.2) is 18.2 Å². The Bertz CT molecular complexity index is 293. The Balaban J connectivity index is 2.93. The molecule has 3 N–H and O–H groups in total. The molecular weight excluding hydrogens is 193 g/mol. The molecule has 0 aliphatic rings. The van der Waals surface area contributed by atoms with Gasteiger partial charge in [-0.05, 0) is 19.0 Å². The lowest BCUT2D eigenvalue weighted by molar-refractivity contribution is 0.165. The molecule has 0 aromatic heterocycles. The molecule has 1 rings (SSSR count). The highest BCUT2D eigenvalue weighted by molar-refractivity contribution is 6.30. The van der Waals surface area contributed by atoms with Gasteiger partial charge in [0.1, 0.15) is 5.82 Å². The molecule has 0 aliphatic heterocycles. The number of rotatable bonds is 3. The van der Waals surface area contributed by atoms with Crippen molar-refractivity contribution in [2.45, 2.75) is 12.5 Å². The maximum Gasteiger partial charge on any atom is 0.147 e. The molecule has 0 amide bonds. The lowest BCUT2D eigenvalue weighted by Gasteiger charge is -2.10. The molecule has 0 saturated carbocycles. The quantitative estimate of drug-likeness (QED) is 0.788. The second-order valence-corrected chi connectivity index (χ2v) is 3.14. The van der Waals surface area contributed by atoms with Gasteiger partial charge < -0.3 is 10.8 Å². The molecule has 0 bridgehead atoms. The van der Waals surface area contributed by atoms with Gasteiger partial charge >= 0.3 is 0 Å². The van der Waals surface area contributed by atoms with Crippen LogP contribution in [-0.4, -0.2) is 11.7 Å². The van der Waals surface area contributed by atoms with Gasteiger partial charge in [0.2, 0.25) is 0 Å². The fraction of sp³-hybridized carbons (Fsp3) is 0.333. The molecule has 0 fully saturated rings. The largest absolute Gasteiger partial charge is 0.388 e. The van der Waals surface area contributed by atoms with Crippen LogP contribution >= 0.6 is 11.6 Å². The summed E-state index contributed by atoms with van der Waals surface area (Å²) in [5.74, 6) is -0.565. The number of nitrogens with two attached hydrogens (primary N) is 1. The Morgan fingerprint density at radius 3 is 2.85 bits per heavy atom. The first-order valence-corrected chi connectivity index (χ1v) is 4.36. The van der Waals surface area contributed by atoms with Crippen molar-refractivity contribution >= 4 is 11.6 Å². The zero-order chi connectivity index (χ0) is 9.84. The highest BCUT2D eigenvalue weighted by Gasteiger charge is 2.13. The van der Waals surface area contributed by atoms with Crippen LogP contribution in [0.4, 0.5) is 4.39 Å². The number of hydrogen-bond donors (Lipinski definition) is 2. The molecule has 0 aliphatic carbocycles. The van der Waals surface area contributed by atoms with Gasteiger partial charge in [-0.2, -0.15) is 0 Å². The van der Waals surface area contributed by atoms with Crippen LogP contribution in [0, 0.1) is 5.82 Å². The van der Waals surface area contributed by atoms with E-state index in [4.69, 9.17) is 17.3 Å². The van der Waals surface area contributed by atoms with Crippen LogP contribution in [0.25, 0.3) is 0 Å². The third kappa shape index (κ3) is 2.40. The van der Waals surface area contributed by atoms with E-state index in [2.05, 4.69) is 0 Å². The third-order valence-electron chi connectivity index (χ3n) is 1.78. The fourth-order valence-electron chi connectivity index (χ4n) is 1.09. The van der Waals surface area contributed by atoms with Gasteiger partial charge in [-0.25, -0.2) is 4.39 Å². The molecule has 4 heteroatoms. The minimum absolute atomic E-state index is 0.0218. The molecular formula is C9H11ClFNO. The Morgan fingerprint density at radius 1 is 1.54 bits per heavy atom. The van der Waals surface area contributed by atoms with Crippen LogP contribution in [0.2, 0.25) is 5.02 Å². The Hall–Kier alpha value is -0.640. The van der Waals surface area contributed by atoms with Crippen molar-refractivity contribution in [3.8, 4) is 0 Å². The predicted molar refractivity (Wildman–Crippen MR) is 50.0 cm³/mol. The van der Waals surface area contributed by atoms with E-state index >= 15 is 0 Å². The average molecular weight is 204 g/mol. The number of aliphatic hydroxyl groups excluding tert-OH is 1. The predicted octanol–water partition coefficient (Wildman–Crippen LogP) is 1.86. The van der Waals surface area contributed by atoms with Gasteiger partial charge in [0, 0.05) is 5.56 Å². The highest BCUT2D eigenvalue weighted by atomic mass is 35.5. The normalized spacial score (nSPS) is 12.9. The van der Waals surface area contributed by atoms with Gasteiger partial charge in [-0.3, -0.25) is 0 Å². The molecule has 0 heterocycles. The molecule has 1 aromatic carbocycles. The molecule has 0 unspecified atom stereocenters. The summed E-state index contributed by atoms with van der Waals surface area (Å²) in [4.78, 5) is 0. The van der Waals surface area contributed by atoms with Crippen molar-refractivity contribution in [1.82, 2.24) is 0 Å². The number of halogens is 2. The lowest BCUT2D eigenvalue weighted by Crippen LogP contribution is -2.08. The molecule has 0 saturated heterocycles. The maximum atomic E-state index is 13.2. The summed E-state index contributed by atoms with van der Waals surface area (Å²) < 4.78 is 13.2. The molecule has 0 radical (unpaired) electrons. The summed E-state index contributed by atoms with van der Waals surface area (Å²) >= 11 is 5.54. The van der Waals surface area contributed by atoms with Crippen molar-refractivity contribution in [1.29, 1.82) is 0 Å². The summed E-state index contributed by atoms with van der Waals surface area (Å²) in [6.07, 6.45) is -0.541. The van der Waals surface area contributed by atoms with E-state index in [1.165, 1.54) is 12.1 Å². The van der Waals surface area contributed by atoms with Gasteiger partial charge in [-0.1, -0.05) is 23.7 Å². The van der Waals surface area contributed by atoms with Crippen LogP contribution in [-0.2, 0) is 0 Å². The van der Waals surface area contributed by atoms with Crippen LogP contribution in [0.1, 0.15) is 18.1 Å². The Kier molecular flexibility index (Phi) is 3.66. The van der Waals surface area contributed by atoms with Gasteiger partial charge in [-0.15, -0.1) is 0 Å². The van der Waals surface area contributed by atoms with E-state index in [1.807, 2.05) is 0 Å². The minimum atomic E-state index is -0.872. The zero-order valence-electron chi connectivity index (χ0n) is 7.00. The summed E-state index contributed by atoms with van der Waals surface area (Å²) in [7, 11) is 0. The van der Waals surface area contributed by atoms with E-state index in [1.54, 1.807) is 6.07 Å². The van der Waals surface area contributed by atoms with Crippen molar-refractivity contribution in [2.75, 3.05) is 6.54 Å². The topological polar surface area (TPSA) is 46.2 Å². The first kappa shape index (κ1) is 10.4. The Morgan fingerprint density at radius 2 is 2.23 bits per heavy atom. The van der Waals surface area contributed by atoms with E-state index in [0.717, 1.165) is 0 Å². The summed E-state index contributed by atoms with van der Waals surface area (Å²) in [6, 6.07) is 4.54. The molecule has 72 valence electrons. The number of hydrogen-bond acceptors (Lipinski definition) is 2. The van der Waals surface area contributed by atoms with Crippen molar-refractivity contribution < 1.29 is 9.50 Å². The second kappa shape index (κ2) is 4.56. The SMILES string of the molecule is NCC[C@H](O)c1cccc(Cl)c1F. The standard InChI is InChI=1S/C9H11ClFNO/c10-7-3-1-2-6(9(7)11)8(13)4-5-12/h1-3,8,13H,4-5,12H2/t8-/m0/s1. The third-order valence-corrected chi connectivity index (χ3v) is 2.07. The monoisotopic (exact) mass is 203 g/mol. The van der Waals surface area contributed by atoms with Gasteiger partial charge in [0.15, 0.2) is 0 Å². The van der Waals surface area contributed by atoms with Crippen molar-refractivity contribution in [3.63, 3.8) is 0 Å². The number of benzene rings is 1. The van der Waals surface area contributed by atoms with Crippen molar-refractivity contribution in [2.24, 2.45) is 5.73 Å². The zero-order valence-corrected chi connectivity index (χ0v) is 7.76. The van der Waals surface area contributed by atoms with Gasteiger partial charge in [0.05, 0.1) is 11.1 Å². The average Bonchev–Trinajstić information content (AvgIpc) is 2.10. The molecule has 0 spiro atoms. The fourth-order valence-corrected chi connectivity index (χ4v) is 1.27. The summed E-state index contributed by atoms with van der Waals surface area (Å²) in [5.41, 5.74) is 5.45. The summed E-state index contributed by atoms with van der Waals surface area (Å²) in [6.45, 7) is 0.313. The lowest BCUT2D eigenvalue weighted by atomic mass is 10.1. The van der Waals surface area contributed by atoms with E-state index < -0.39 is 11.9 Å². The van der Waals surface area contributed by atoms with Crippen molar-refractivity contribution in [3.05, 3.63) is 34.6 Å². The highest BCUT2D eigenvalue weighted by Crippen LogP contribution is 2.24. The van der Waals surface area contributed by atoms with Gasteiger partial charge in [0.25, 0.3) is 0 Å². The van der Waals surface area contributed by atoms with E-state index in [9.17, 15) is 9.50 Å². The first-order chi connectivity index (χ1) is 6.16. The molecule has 1 aromatic rings. The van der Waals surface area contributed by atoms with Crippen LogP contribution < -0.4 is 5.73 Å². The van der Waals surface area contributed by atoms with Crippen LogP contribution in [0.3, 0.4) is 0 Å². The Labute approximate surface area is 81.1 Å². The van der Waals surface area contributed by atoms with Crippen LogP contribution in [0.5, 0.6) is 0 Å². The molecule has 2 nitrogen and oxygen atoms in total. The van der Waals surface area contributed by atoms with E-state index in [-0.39, 0.29) is 10.6 Å². The summed E-state index contributed by atoms with van der Waals surface area (Å²) in [5, 5.41) is 9.47. The maximum absolute atomic E-state index is 13.2. The second-order valence-electron chi connectivity index (χ2n) is 2.74. The smallest absolute Gasteiger partial charge is 0.147 e. The van der Waals surface area contributed by atoms with E-state index in [0.29, 0.717) is 13.0 Å². The molecule has 13 heavy (non-hydrogen) atoms. The minimum Gasteiger partial charge on any atom is -0.388 e. The number of aliphatic hydroxyl groups is 1.